The number of aromatic amines is 1. The fourth-order valence-electron chi connectivity index (χ4n) is 1.66. The quantitative estimate of drug-likeness (QED) is 0.517. The maximum atomic E-state index is 13.6. The molecule has 3 nitrogen and oxygen atoms in total. The zero-order valence-electron chi connectivity index (χ0n) is 10.9. The summed E-state index contributed by atoms with van der Waals surface area (Å²) < 4.78 is 13.6. The van der Waals surface area contributed by atoms with Crippen LogP contribution >= 0.6 is 11.6 Å². The maximum absolute atomic E-state index is 13.6. The van der Waals surface area contributed by atoms with Gasteiger partial charge >= 0.3 is 0 Å². The number of nitrogens with zero attached hydrogens (tertiary/aromatic N) is 2. The monoisotopic (exact) mass is 279 g/mol. The second-order valence-corrected chi connectivity index (χ2v) is 4.56. The lowest BCUT2D eigenvalue weighted by Gasteiger charge is -2.13. The molecule has 1 aromatic carbocycles. The van der Waals surface area contributed by atoms with Gasteiger partial charge in [0.15, 0.2) is 5.29 Å². The lowest BCUT2D eigenvalue weighted by Crippen LogP contribution is -2.21. The minimum absolute atomic E-state index is 0.270. The molecule has 0 atom stereocenters. The molecule has 0 spiro atoms. The first-order chi connectivity index (χ1) is 9.02. The summed E-state index contributed by atoms with van der Waals surface area (Å²) in [6.45, 7) is 6.57. The summed E-state index contributed by atoms with van der Waals surface area (Å²) in [6, 6.07) is 6.57. The summed E-state index contributed by atoms with van der Waals surface area (Å²) in [5.41, 5.74) is 1.84. The number of H-pyrrole nitrogens is 1. The third-order valence-corrected chi connectivity index (χ3v) is 3.31. The zero-order valence-corrected chi connectivity index (χ0v) is 11.6. The summed E-state index contributed by atoms with van der Waals surface area (Å²) in [6.07, 6.45) is 0. The second kappa shape index (κ2) is 5.45. The van der Waals surface area contributed by atoms with Crippen LogP contribution in [-0.2, 0) is 0 Å². The Kier molecular flexibility index (Phi) is 3.90. The number of hydrogen-bond acceptors (Lipinski definition) is 1. The van der Waals surface area contributed by atoms with Gasteiger partial charge in [-0.1, -0.05) is 12.6 Å². The van der Waals surface area contributed by atoms with Gasteiger partial charge in [0.25, 0.3) is 0 Å². The summed E-state index contributed by atoms with van der Waals surface area (Å²) in [4.78, 5) is 9.07. The number of nitrogens with one attached hydrogen (secondary N) is 1. The molecule has 0 saturated heterocycles. The van der Waals surface area contributed by atoms with Crippen LogP contribution < -0.4 is 0 Å². The molecule has 0 aliphatic heterocycles. The van der Waals surface area contributed by atoms with Crippen molar-refractivity contribution in [3.05, 3.63) is 42.4 Å². The predicted molar refractivity (Wildman–Crippen MR) is 78.9 cm³/mol. The number of benzene rings is 1. The van der Waals surface area contributed by atoms with E-state index in [0.29, 0.717) is 27.6 Å². The number of hydrogen-bond donors (Lipinski definition) is 1. The van der Waals surface area contributed by atoms with E-state index in [1.807, 2.05) is 14.0 Å². The molecule has 2 aromatic rings. The number of rotatable bonds is 3. The molecular formula is C14H15ClFN3. The van der Waals surface area contributed by atoms with E-state index in [9.17, 15) is 4.39 Å². The van der Waals surface area contributed by atoms with E-state index in [1.165, 1.54) is 6.07 Å². The van der Waals surface area contributed by atoms with Crippen molar-refractivity contribution in [2.24, 2.45) is 4.99 Å². The smallest absolute Gasteiger partial charge is 0.198 e. The maximum Gasteiger partial charge on any atom is 0.198 e. The third kappa shape index (κ3) is 2.79. The molecule has 0 aliphatic rings. The first-order valence-electron chi connectivity index (χ1n) is 5.94. The standard InChI is InChI=1S/C14H15ClFN3/c1-4-19(3)14(15)17-9(2)13-8-10-11(16)6-5-7-12(10)18-13/h5-8,18H,2,4H2,1,3H3. The van der Waals surface area contributed by atoms with Crippen LogP contribution in [0.2, 0.25) is 0 Å². The number of aliphatic imine (C=N–C) groups is 1. The Morgan fingerprint density at radius 3 is 2.89 bits per heavy atom. The van der Waals surface area contributed by atoms with Gasteiger partial charge in [0.2, 0.25) is 0 Å². The van der Waals surface area contributed by atoms with E-state index >= 15 is 0 Å². The van der Waals surface area contributed by atoms with Gasteiger partial charge in [0.05, 0.1) is 11.4 Å². The van der Waals surface area contributed by atoms with Gasteiger partial charge in [-0.2, -0.15) is 0 Å². The van der Waals surface area contributed by atoms with Gasteiger partial charge < -0.3 is 9.88 Å². The van der Waals surface area contributed by atoms with Crippen molar-refractivity contribution in [3.8, 4) is 0 Å². The van der Waals surface area contributed by atoms with Crippen LogP contribution in [-0.4, -0.2) is 28.8 Å². The van der Waals surface area contributed by atoms with E-state index in [1.54, 1.807) is 23.1 Å². The van der Waals surface area contributed by atoms with Crippen molar-refractivity contribution in [1.29, 1.82) is 0 Å². The van der Waals surface area contributed by atoms with Gasteiger partial charge in [-0.05, 0) is 36.7 Å². The van der Waals surface area contributed by atoms with Crippen molar-refractivity contribution in [1.82, 2.24) is 9.88 Å². The van der Waals surface area contributed by atoms with Crippen LogP contribution in [0.5, 0.6) is 0 Å². The van der Waals surface area contributed by atoms with Crippen molar-refractivity contribution >= 4 is 33.5 Å². The first kappa shape index (κ1) is 13.6. The fourth-order valence-corrected chi connectivity index (χ4v) is 1.88. The Morgan fingerprint density at radius 2 is 2.26 bits per heavy atom. The molecule has 5 heteroatoms. The Bertz CT molecular complexity index is 645. The van der Waals surface area contributed by atoms with Crippen molar-refractivity contribution < 1.29 is 4.39 Å². The molecule has 0 amide bonds. The van der Waals surface area contributed by atoms with Gasteiger partial charge in [0.1, 0.15) is 5.82 Å². The molecule has 0 bridgehead atoms. The molecule has 100 valence electrons. The SMILES string of the molecule is C=C(N=C(Cl)N(C)CC)c1cc2c(F)cccc2[nH]1. The van der Waals surface area contributed by atoms with Gasteiger partial charge in [0, 0.05) is 24.5 Å². The van der Waals surface area contributed by atoms with Gasteiger partial charge in [-0.3, -0.25) is 0 Å². The Labute approximate surface area is 116 Å². The van der Waals surface area contributed by atoms with Crippen LogP contribution in [0.25, 0.3) is 16.6 Å². The number of fused-ring (bicyclic) bond motifs is 1. The Morgan fingerprint density at radius 1 is 1.53 bits per heavy atom. The van der Waals surface area contributed by atoms with Crippen LogP contribution in [0.4, 0.5) is 4.39 Å². The third-order valence-electron chi connectivity index (χ3n) is 2.94. The topological polar surface area (TPSA) is 31.4 Å². The summed E-state index contributed by atoms with van der Waals surface area (Å²) in [5.74, 6) is -0.270. The number of halogens is 2. The molecule has 0 fully saturated rings. The summed E-state index contributed by atoms with van der Waals surface area (Å²) in [5, 5.41) is 0.875. The minimum atomic E-state index is -0.270. The highest BCUT2D eigenvalue weighted by molar-refractivity contribution is 6.64. The minimum Gasteiger partial charge on any atom is -0.353 e. The van der Waals surface area contributed by atoms with E-state index in [2.05, 4.69) is 16.6 Å². The fraction of sp³-hybridized carbons (Fsp3) is 0.214. The highest BCUT2D eigenvalue weighted by Crippen LogP contribution is 2.23. The van der Waals surface area contributed by atoms with Crippen LogP contribution in [0.1, 0.15) is 12.6 Å². The van der Waals surface area contributed by atoms with E-state index in [-0.39, 0.29) is 5.82 Å². The summed E-state index contributed by atoms with van der Waals surface area (Å²) >= 11 is 6.03. The van der Waals surface area contributed by atoms with Gasteiger partial charge in [-0.15, -0.1) is 0 Å². The first-order valence-corrected chi connectivity index (χ1v) is 6.32. The van der Waals surface area contributed by atoms with Crippen LogP contribution in [0.15, 0.2) is 35.8 Å². The lowest BCUT2D eigenvalue weighted by atomic mass is 10.2. The molecule has 1 aromatic heterocycles. The molecule has 2 rings (SSSR count). The number of amidine groups is 1. The average Bonchev–Trinajstić information content (AvgIpc) is 2.83. The molecule has 0 radical (unpaired) electrons. The molecule has 19 heavy (non-hydrogen) atoms. The van der Waals surface area contributed by atoms with E-state index < -0.39 is 0 Å². The van der Waals surface area contributed by atoms with E-state index in [0.717, 1.165) is 6.54 Å². The highest BCUT2D eigenvalue weighted by atomic mass is 35.5. The second-order valence-electron chi connectivity index (χ2n) is 4.23. The predicted octanol–water partition coefficient (Wildman–Crippen LogP) is 3.82. The van der Waals surface area contributed by atoms with Gasteiger partial charge in [-0.25, -0.2) is 9.38 Å². The Balaban J connectivity index is 2.35. The number of aromatic nitrogens is 1. The molecule has 1 N–H and O–H groups in total. The Hall–Kier alpha value is -1.81. The molecule has 0 saturated carbocycles. The van der Waals surface area contributed by atoms with Crippen molar-refractivity contribution in [2.75, 3.05) is 13.6 Å². The molecule has 0 aliphatic carbocycles. The molecule has 1 heterocycles. The largest absolute Gasteiger partial charge is 0.353 e. The normalized spacial score (nSPS) is 11.9. The molecule has 0 unspecified atom stereocenters. The van der Waals surface area contributed by atoms with Crippen LogP contribution in [0.3, 0.4) is 0 Å². The van der Waals surface area contributed by atoms with E-state index in [4.69, 9.17) is 11.6 Å². The van der Waals surface area contributed by atoms with Crippen molar-refractivity contribution in [2.45, 2.75) is 6.92 Å². The highest BCUT2D eigenvalue weighted by Gasteiger charge is 2.08. The zero-order chi connectivity index (χ0) is 14.0. The summed E-state index contributed by atoms with van der Waals surface area (Å²) in [7, 11) is 1.84. The molecular weight excluding hydrogens is 265 g/mol. The van der Waals surface area contributed by atoms with Crippen molar-refractivity contribution in [3.63, 3.8) is 0 Å². The van der Waals surface area contributed by atoms with Crippen LogP contribution in [0, 0.1) is 5.82 Å². The lowest BCUT2D eigenvalue weighted by molar-refractivity contribution is 0.545. The average molecular weight is 280 g/mol.